The molecule has 2 rings (SSSR count). The molecule has 6 heteroatoms. The van der Waals surface area contributed by atoms with E-state index >= 15 is 0 Å². The summed E-state index contributed by atoms with van der Waals surface area (Å²) in [6, 6.07) is 6.04. The Balaban J connectivity index is 1.88. The molecule has 0 bridgehead atoms. The number of benzene rings is 1. The first kappa shape index (κ1) is 15.0. The summed E-state index contributed by atoms with van der Waals surface area (Å²) >= 11 is 3.52. The molecule has 0 fully saturated rings. The Morgan fingerprint density at radius 3 is 2.90 bits per heavy atom. The van der Waals surface area contributed by atoms with Crippen molar-refractivity contribution in [3.63, 3.8) is 0 Å². The first-order chi connectivity index (χ1) is 9.65. The van der Waals surface area contributed by atoms with Gasteiger partial charge in [-0.2, -0.15) is 4.98 Å². The molecule has 0 unspecified atom stereocenters. The highest BCUT2D eigenvalue weighted by Crippen LogP contribution is 2.26. The maximum atomic E-state index is 5.63. The number of ether oxygens (including phenoxy) is 1. The van der Waals surface area contributed by atoms with Gasteiger partial charge in [0.2, 0.25) is 12.2 Å². The Hall–Kier alpha value is -1.40. The third-order valence-electron chi connectivity index (χ3n) is 2.64. The minimum Gasteiger partial charge on any atom is -0.484 e. The normalized spacial score (nSPS) is 11.0. The zero-order valence-electron chi connectivity index (χ0n) is 11.6. The summed E-state index contributed by atoms with van der Waals surface area (Å²) in [5.41, 5.74) is 1.21. The van der Waals surface area contributed by atoms with E-state index in [0.717, 1.165) is 23.3 Å². The van der Waals surface area contributed by atoms with Crippen LogP contribution in [0.4, 0.5) is 0 Å². The fourth-order valence-electron chi connectivity index (χ4n) is 1.67. The second-order valence-electron chi connectivity index (χ2n) is 4.93. The quantitative estimate of drug-likeness (QED) is 0.839. The number of nitrogens with zero attached hydrogens (tertiary/aromatic N) is 2. The van der Waals surface area contributed by atoms with Crippen LogP contribution in [0.25, 0.3) is 0 Å². The van der Waals surface area contributed by atoms with Crippen molar-refractivity contribution in [2.75, 3.05) is 6.54 Å². The first-order valence-corrected chi connectivity index (χ1v) is 7.31. The molecule has 0 amide bonds. The molecule has 108 valence electrons. The molecule has 0 aliphatic rings. The lowest BCUT2D eigenvalue weighted by molar-refractivity contribution is 0.285. The minimum atomic E-state index is 0.292. The van der Waals surface area contributed by atoms with E-state index in [1.54, 1.807) is 0 Å². The van der Waals surface area contributed by atoms with Crippen molar-refractivity contribution in [2.24, 2.45) is 5.92 Å². The maximum absolute atomic E-state index is 5.63. The largest absolute Gasteiger partial charge is 0.484 e. The number of hydrogen-bond donors (Lipinski definition) is 1. The monoisotopic (exact) mass is 339 g/mol. The van der Waals surface area contributed by atoms with E-state index in [2.05, 4.69) is 55.8 Å². The first-order valence-electron chi connectivity index (χ1n) is 6.52. The summed E-state index contributed by atoms with van der Waals surface area (Å²) in [6.07, 6.45) is 1.29. The van der Waals surface area contributed by atoms with Gasteiger partial charge in [0.15, 0.2) is 6.61 Å². The molecule has 0 aliphatic heterocycles. The van der Waals surface area contributed by atoms with Crippen LogP contribution < -0.4 is 10.1 Å². The van der Waals surface area contributed by atoms with E-state index in [-0.39, 0.29) is 0 Å². The zero-order valence-corrected chi connectivity index (χ0v) is 13.2. The highest BCUT2D eigenvalue weighted by Gasteiger charge is 2.05. The zero-order chi connectivity index (χ0) is 14.4. The van der Waals surface area contributed by atoms with Crippen molar-refractivity contribution >= 4 is 15.9 Å². The SMILES string of the molecule is CC(C)CNCc1ccc(OCc2ncon2)c(Br)c1. The Morgan fingerprint density at radius 2 is 2.25 bits per heavy atom. The third-order valence-corrected chi connectivity index (χ3v) is 3.26. The summed E-state index contributed by atoms with van der Waals surface area (Å²) in [5.74, 6) is 1.94. The van der Waals surface area contributed by atoms with Crippen LogP contribution in [-0.2, 0) is 13.2 Å². The van der Waals surface area contributed by atoms with E-state index in [0.29, 0.717) is 18.3 Å². The van der Waals surface area contributed by atoms with Crippen LogP contribution in [0.15, 0.2) is 33.6 Å². The number of aromatic nitrogens is 2. The lowest BCUT2D eigenvalue weighted by Gasteiger charge is -2.10. The van der Waals surface area contributed by atoms with E-state index in [1.165, 1.54) is 12.0 Å². The topological polar surface area (TPSA) is 60.2 Å². The summed E-state index contributed by atoms with van der Waals surface area (Å²) < 4.78 is 11.2. The van der Waals surface area contributed by atoms with Crippen molar-refractivity contribution < 1.29 is 9.26 Å². The molecule has 0 atom stereocenters. The van der Waals surface area contributed by atoms with Gasteiger partial charge < -0.3 is 14.6 Å². The molecular formula is C14H18BrN3O2. The van der Waals surface area contributed by atoms with E-state index in [4.69, 9.17) is 4.74 Å². The van der Waals surface area contributed by atoms with Crippen LogP contribution >= 0.6 is 15.9 Å². The summed E-state index contributed by atoms with van der Waals surface area (Å²) in [7, 11) is 0. The van der Waals surface area contributed by atoms with Gasteiger partial charge >= 0.3 is 0 Å². The van der Waals surface area contributed by atoms with Crippen molar-refractivity contribution in [3.05, 3.63) is 40.5 Å². The lowest BCUT2D eigenvalue weighted by Crippen LogP contribution is -2.18. The molecular weight excluding hydrogens is 322 g/mol. The number of halogens is 1. The number of nitrogens with one attached hydrogen (secondary N) is 1. The average Bonchev–Trinajstić information content (AvgIpc) is 2.90. The average molecular weight is 340 g/mol. The van der Waals surface area contributed by atoms with Gasteiger partial charge in [-0.15, -0.1) is 0 Å². The fraction of sp³-hybridized carbons (Fsp3) is 0.429. The molecule has 1 N–H and O–H groups in total. The molecule has 0 saturated carbocycles. The van der Waals surface area contributed by atoms with Crippen molar-refractivity contribution in [3.8, 4) is 5.75 Å². The van der Waals surface area contributed by atoms with Crippen LogP contribution in [-0.4, -0.2) is 16.7 Å². The summed E-state index contributed by atoms with van der Waals surface area (Å²) in [4.78, 5) is 3.91. The molecule has 0 spiro atoms. The van der Waals surface area contributed by atoms with Gasteiger partial charge in [-0.1, -0.05) is 25.1 Å². The predicted molar refractivity (Wildman–Crippen MR) is 79.3 cm³/mol. The fourth-order valence-corrected chi connectivity index (χ4v) is 2.22. The minimum absolute atomic E-state index is 0.292. The number of rotatable bonds is 7. The Labute approximate surface area is 126 Å². The Bertz CT molecular complexity index is 529. The van der Waals surface area contributed by atoms with Crippen molar-refractivity contribution in [1.82, 2.24) is 15.5 Å². The van der Waals surface area contributed by atoms with E-state index in [9.17, 15) is 0 Å². The van der Waals surface area contributed by atoms with Crippen LogP contribution in [0.3, 0.4) is 0 Å². The van der Waals surface area contributed by atoms with Crippen LogP contribution in [0, 0.1) is 5.92 Å². The molecule has 1 aromatic heterocycles. The molecule has 1 heterocycles. The predicted octanol–water partition coefficient (Wildman–Crippen LogP) is 3.16. The van der Waals surface area contributed by atoms with Crippen LogP contribution in [0.1, 0.15) is 25.2 Å². The highest BCUT2D eigenvalue weighted by atomic mass is 79.9. The Kier molecular flexibility index (Phi) is 5.55. The third kappa shape index (κ3) is 4.61. The molecule has 0 aliphatic carbocycles. The molecule has 0 saturated heterocycles. The molecule has 5 nitrogen and oxygen atoms in total. The van der Waals surface area contributed by atoms with E-state index in [1.807, 2.05) is 12.1 Å². The van der Waals surface area contributed by atoms with Crippen LogP contribution in [0.2, 0.25) is 0 Å². The van der Waals surface area contributed by atoms with E-state index < -0.39 is 0 Å². The van der Waals surface area contributed by atoms with Gasteiger partial charge in [0, 0.05) is 6.54 Å². The lowest BCUT2D eigenvalue weighted by atomic mass is 10.2. The van der Waals surface area contributed by atoms with Gasteiger partial charge in [-0.3, -0.25) is 0 Å². The van der Waals surface area contributed by atoms with Gasteiger partial charge in [0.1, 0.15) is 5.75 Å². The number of hydrogen-bond acceptors (Lipinski definition) is 5. The van der Waals surface area contributed by atoms with Gasteiger partial charge in [0.25, 0.3) is 0 Å². The van der Waals surface area contributed by atoms with Gasteiger partial charge in [-0.05, 0) is 46.1 Å². The van der Waals surface area contributed by atoms with Gasteiger partial charge in [0.05, 0.1) is 4.47 Å². The maximum Gasteiger partial charge on any atom is 0.213 e. The molecule has 1 aromatic carbocycles. The molecule has 2 aromatic rings. The van der Waals surface area contributed by atoms with Gasteiger partial charge in [-0.25, -0.2) is 0 Å². The van der Waals surface area contributed by atoms with Crippen LogP contribution in [0.5, 0.6) is 5.75 Å². The van der Waals surface area contributed by atoms with Crippen molar-refractivity contribution in [2.45, 2.75) is 27.0 Å². The summed E-state index contributed by atoms with van der Waals surface area (Å²) in [5, 5.41) is 7.11. The molecule has 0 radical (unpaired) electrons. The second kappa shape index (κ2) is 7.40. The second-order valence-corrected chi connectivity index (χ2v) is 5.78. The Morgan fingerprint density at radius 1 is 1.40 bits per heavy atom. The smallest absolute Gasteiger partial charge is 0.213 e. The summed E-state index contributed by atoms with van der Waals surface area (Å²) in [6.45, 7) is 6.53. The van der Waals surface area contributed by atoms with Crippen molar-refractivity contribution in [1.29, 1.82) is 0 Å². The highest BCUT2D eigenvalue weighted by molar-refractivity contribution is 9.10. The standard InChI is InChI=1S/C14H18BrN3O2/c1-10(2)6-16-7-11-3-4-13(12(15)5-11)19-8-14-17-9-20-18-14/h3-5,9-10,16H,6-8H2,1-2H3. The molecule has 20 heavy (non-hydrogen) atoms.